The first-order valence-corrected chi connectivity index (χ1v) is 12.1. The predicted octanol–water partition coefficient (Wildman–Crippen LogP) is 4.55. The van der Waals surface area contributed by atoms with Gasteiger partial charge in [0.05, 0.1) is 12.8 Å². The Balaban J connectivity index is 1.43. The van der Waals surface area contributed by atoms with Gasteiger partial charge in [-0.05, 0) is 71.3 Å². The summed E-state index contributed by atoms with van der Waals surface area (Å²) >= 11 is 0. The van der Waals surface area contributed by atoms with E-state index in [1.807, 2.05) is 70.1 Å². The van der Waals surface area contributed by atoms with Crippen molar-refractivity contribution in [1.29, 1.82) is 0 Å². The zero-order valence-electron chi connectivity index (χ0n) is 22.4. The fraction of sp³-hybridized carbons (Fsp3) is 0.333. The average molecular weight is 521 g/mol. The molecule has 1 aromatic carbocycles. The highest BCUT2D eigenvalue weighted by atomic mass is 16.6. The summed E-state index contributed by atoms with van der Waals surface area (Å²) < 4.78 is 23.9. The average Bonchev–Trinajstić information content (AvgIpc) is 3.46. The summed E-state index contributed by atoms with van der Waals surface area (Å²) in [5.74, 6) is 3.70. The highest BCUT2D eigenvalue weighted by molar-refractivity contribution is 5.83. The number of amides is 1. The van der Waals surface area contributed by atoms with Crippen molar-refractivity contribution in [2.24, 2.45) is 0 Å². The molecule has 3 aromatic heterocycles. The van der Waals surface area contributed by atoms with E-state index in [1.165, 1.54) is 0 Å². The number of rotatable bonds is 10. The molecular formula is C27H32N6O5. The SMILES string of the molecule is COc1ccc(OCCOC(=O)Nc2cc(-n3nc(C)cc3C)nc(-c3ccc(C)o3)n2)c(CN(C)C)c1. The number of carbonyl (C=O) groups excluding carboxylic acids is 1. The van der Waals surface area contributed by atoms with E-state index in [1.54, 1.807) is 23.9 Å². The number of hydrogen-bond donors (Lipinski definition) is 1. The van der Waals surface area contributed by atoms with Gasteiger partial charge in [-0.3, -0.25) is 5.32 Å². The molecule has 0 unspecified atom stereocenters. The van der Waals surface area contributed by atoms with Crippen molar-refractivity contribution in [1.82, 2.24) is 24.6 Å². The van der Waals surface area contributed by atoms with Gasteiger partial charge < -0.3 is 23.5 Å². The first-order chi connectivity index (χ1) is 18.2. The molecule has 0 spiro atoms. The molecule has 0 bridgehead atoms. The van der Waals surface area contributed by atoms with E-state index in [0.717, 1.165) is 28.5 Å². The fourth-order valence-electron chi connectivity index (χ4n) is 3.85. The maximum atomic E-state index is 12.6. The van der Waals surface area contributed by atoms with Crippen LogP contribution in [-0.4, -0.2) is 65.2 Å². The summed E-state index contributed by atoms with van der Waals surface area (Å²) in [6.07, 6.45) is -0.670. The molecule has 200 valence electrons. The van der Waals surface area contributed by atoms with Crippen molar-refractivity contribution < 1.29 is 23.4 Å². The van der Waals surface area contributed by atoms with Crippen molar-refractivity contribution in [3.63, 3.8) is 0 Å². The second kappa shape index (κ2) is 11.8. The zero-order chi connectivity index (χ0) is 27.2. The van der Waals surface area contributed by atoms with Crippen LogP contribution in [0.1, 0.15) is 22.7 Å². The lowest BCUT2D eigenvalue weighted by Gasteiger charge is -2.16. The summed E-state index contributed by atoms with van der Waals surface area (Å²) in [5.41, 5.74) is 2.70. The van der Waals surface area contributed by atoms with Crippen LogP contribution in [0.4, 0.5) is 10.6 Å². The molecule has 4 aromatic rings. The normalized spacial score (nSPS) is 11.0. The van der Waals surface area contributed by atoms with E-state index in [-0.39, 0.29) is 19.0 Å². The molecule has 0 aliphatic rings. The molecular weight excluding hydrogens is 488 g/mol. The van der Waals surface area contributed by atoms with Gasteiger partial charge in [0, 0.05) is 23.9 Å². The number of carbonyl (C=O) groups is 1. The Hall–Kier alpha value is -4.38. The lowest BCUT2D eigenvalue weighted by Crippen LogP contribution is -2.19. The van der Waals surface area contributed by atoms with Crippen LogP contribution >= 0.6 is 0 Å². The van der Waals surface area contributed by atoms with Gasteiger partial charge in [-0.1, -0.05) is 0 Å². The number of benzene rings is 1. The van der Waals surface area contributed by atoms with Crippen molar-refractivity contribution in [3.8, 4) is 28.9 Å². The topological polar surface area (TPSA) is 117 Å². The number of methoxy groups -OCH3 is 1. The molecule has 1 N–H and O–H groups in total. The first-order valence-electron chi connectivity index (χ1n) is 12.1. The number of nitrogens with zero attached hydrogens (tertiary/aromatic N) is 5. The molecule has 0 saturated carbocycles. The molecule has 0 atom stereocenters. The van der Waals surface area contributed by atoms with Crippen LogP contribution in [0.5, 0.6) is 11.5 Å². The Morgan fingerprint density at radius 1 is 1.05 bits per heavy atom. The zero-order valence-corrected chi connectivity index (χ0v) is 22.4. The van der Waals surface area contributed by atoms with Crippen LogP contribution in [0.15, 0.2) is 46.9 Å². The van der Waals surface area contributed by atoms with E-state index >= 15 is 0 Å². The molecule has 0 radical (unpaired) electrons. The largest absolute Gasteiger partial charge is 0.497 e. The maximum absolute atomic E-state index is 12.6. The minimum atomic E-state index is -0.670. The highest BCUT2D eigenvalue weighted by Crippen LogP contribution is 2.25. The number of aryl methyl sites for hydroxylation is 3. The van der Waals surface area contributed by atoms with E-state index in [4.69, 9.17) is 18.6 Å². The standard InChI is InChI=1S/C27H32N6O5/c1-17-13-18(2)33(31-17)25-15-24(28-26(30-25)23-9-7-19(3)38-23)29-27(34)37-12-11-36-22-10-8-21(35-6)14-20(22)16-32(4)5/h7-10,13-15H,11-12,16H2,1-6H3,(H,28,29,30,34). The van der Waals surface area contributed by atoms with E-state index in [2.05, 4.69) is 20.4 Å². The van der Waals surface area contributed by atoms with E-state index in [9.17, 15) is 4.79 Å². The number of ether oxygens (including phenoxy) is 3. The van der Waals surface area contributed by atoms with E-state index < -0.39 is 6.09 Å². The molecule has 1 amide bonds. The molecule has 3 heterocycles. The van der Waals surface area contributed by atoms with Gasteiger partial charge in [0.25, 0.3) is 0 Å². The summed E-state index contributed by atoms with van der Waals surface area (Å²) in [6, 6.07) is 12.8. The van der Waals surface area contributed by atoms with Gasteiger partial charge in [0.15, 0.2) is 17.4 Å². The van der Waals surface area contributed by atoms with Gasteiger partial charge >= 0.3 is 6.09 Å². The lowest BCUT2D eigenvalue weighted by atomic mass is 10.2. The highest BCUT2D eigenvalue weighted by Gasteiger charge is 2.16. The number of nitrogens with one attached hydrogen (secondary N) is 1. The smallest absolute Gasteiger partial charge is 0.412 e. The van der Waals surface area contributed by atoms with Gasteiger partial charge in [-0.2, -0.15) is 5.10 Å². The Morgan fingerprint density at radius 2 is 1.87 bits per heavy atom. The molecule has 4 rings (SSSR count). The van der Waals surface area contributed by atoms with Crippen LogP contribution in [0.25, 0.3) is 17.4 Å². The first kappa shape index (κ1) is 26.7. The molecule has 38 heavy (non-hydrogen) atoms. The number of anilines is 1. The maximum Gasteiger partial charge on any atom is 0.412 e. The molecule has 0 aliphatic heterocycles. The van der Waals surface area contributed by atoms with Crippen LogP contribution in [-0.2, 0) is 11.3 Å². The van der Waals surface area contributed by atoms with Gasteiger partial charge in [0.2, 0.25) is 0 Å². The monoisotopic (exact) mass is 520 g/mol. The van der Waals surface area contributed by atoms with E-state index in [0.29, 0.717) is 29.7 Å². The second-order valence-corrected chi connectivity index (χ2v) is 9.01. The van der Waals surface area contributed by atoms with Crippen LogP contribution in [0.2, 0.25) is 0 Å². The van der Waals surface area contributed by atoms with Crippen molar-refractivity contribution in [3.05, 3.63) is 65.2 Å². The third-order valence-corrected chi connectivity index (χ3v) is 5.46. The summed E-state index contributed by atoms with van der Waals surface area (Å²) in [6.45, 7) is 6.55. The third kappa shape index (κ3) is 6.68. The Labute approximate surface area is 221 Å². The van der Waals surface area contributed by atoms with Crippen LogP contribution in [0.3, 0.4) is 0 Å². The quantitative estimate of drug-likeness (QED) is 0.301. The van der Waals surface area contributed by atoms with Crippen LogP contribution in [0, 0.1) is 20.8 Å². The molecule has 11 heteroatoms. The lowest BCUT2D eigenvalue weighted by molar-refractivity contribution is 0.137. The molecule has 11 nitrogen and oxygen atoms in total. The Morgan fingerprint density at radius 3 is 2.53 bits per heavy atom. The predicted molar refractivity (Wildman–Crippen MR) is 142 cm³/mol. The van der Waals surface area contributed by atoms with Crippen molar-refractivity contribution in [2.75, 3.05) is 39.7 Å². The molecule has 0 fully saturated rings. The molecule has 0 aliphatic carbocycles. The Bertz CT molecular complexity index is 1410. The van der Waals surface area contributed by atoms with Crippen molar-refractivity contribution in [2.45, 2.75) is 27.3 Å². The second-order valence-electron chi connectivity index (χ2n) is 9.01. The van der Waals surface area contributed by atoms with Gasteiger partial charge in [0.1, 0.15) is 36.3 Å². The van der Waals surface area contributed by atoms with Gasteiger partial charge in [-0.25, -0.2) is 19.4 Å². The molecule has 0 saturated heterocycles. The van der Waals surface area contributed by atoms with Crippen molar-refractivity contribution >= 4 is 11.9 Å². The minimum Gasteiger partial charge on any atom is -0.497 e. The Kier molecular flexibility index (Phi) is 8.27. The van der Waals surface area contributed by atoms with Gasteiger partial charge in [-0.15, -0.1) is 0 Å². The summed E-state index contributed by atoms with van der Waals surface area (Å²) in [7, 11) is 5.57. The fourth-order valence-corrected chi connectivity index (χ4v) is 3.85. The number of aromatic nitrogens is 4. The number of furan rings is 1. The minimum absolute atomic E-state index is 0.0406. The number of hydrogen-bond acceptors (Lipinski definition) is 9. The van der Waals surface area contributed by atoms with Crippen LogP contribution < -0.4 is 14.8 Å². The third-order valence-electron chi connectivity index (χ3n) is 5.46. The summed E-state index contributed by atoms with van der Waals surface area (Å²) in [5, 5.41) is 7.16. The summed E-state index contributed by atoms with van der Waals surface area (Å²) in [4.78, 5) is 23.6.